The van der Waals surface area contributed by atoms with Crippen LogP contribution in [0.15, 0.2) is 6.07 Å². The second-order valence-electron chi connectivity index (χ2n) is 9.17. The number of aliphatic carboxylic acids is 2. The summed E-state index contributed by atoms with van der Waals surface area (Å²) >= 11 is 0. The Hall–Kier alpha value is -1.84. The largest absolute Gasteiger partial charge is 0.481 e. The van der Waals surface area contributed by atoms with Gasteiger partial charge in [0.2, 0.25) is 0 Å². The quantitative estimate of drug-likeness (QED) is 0.567. The van der Waals surface area contributed by atoms with Gasteiger partial charge in [-0.05, 0) is 115 Å². The highest BCUT2D eigenvalue weighted by Gasteiger charge is 2.27. The topological polar surface area (TPSA) is 74.6 Å². The van der Waals surface area contributed by atoms with Gasteiger partial charge in [0.1, 0.15) is 0 Å². The van der Waals surface area contributed by atoms with Crippen LogP contribution in [0.5, 0.6) is 0 Å². The Balaban J connectivity index is 2.94. The zero-order chi connectivity index (χ0) is 21.0. The van der Waals surface area contributed by atoms with Crippen molar-refractivity contribution in [3.05, 3.63) is 33.9 Å². The van der Waals surface area contributed by atoms with E-state index in [0.717, 1.165) is 25.7 Å². The van der Waals surface area contributed by atoms with Crippen LogP contribution in [0.1, 0.15) is 81.2 Å². The van der Waals surface area contributed by atoms with Crippen LogP contribution in [0, 0.1) is 31.6 Å². The van der Waals surface area contributed by atoms with E-state index in [1.807, 2.05) is 0 Å². The fourth-order valence-electron chi connectivity index (χ4n) is 3.43. The van der Waals surface area contributed by atoms with Gasteiger partial charge in [0, 0.05) is 0 Å². The number of carboxylic acid groups (broad SMARTS) is 2. The van der Waals surface area contributed by atoms with Crippen LogP contribution in [0.4, 0.5) is 0 Å². The van der Waals surface area contributed by atoms with Crippen molar-refractivity contribution in [1.29, 1.82) is 0 Å². The van der Waals surface area contributed by atoms with Crippen LogP contribution in [0.25, 0.3) is 0 Å². The average molecular weight is 377 g/mol. The molecule has 0 radical (unpaired) electrons. The minimum atomic E-state index is -0.755. The van der Waals surface area contributed by atoms with Crippen molar-refractivity contribution in [2.24, 2.45) is 10.8 Å². The second kappa shape index (κ2) is 8.90. The summed E-state index contributed by atoms with van der Waals surface area (Å²) in [5, 5.41) is 18.6. The number of carboxylic acids is 2. The lowest BCUT2D eigenvalue weighted by Gasteiger charge is -2.22. The van der Waals surface area contributed by atoms with Crippen LogP contribution in [-0.2, 0) is 22.4 Å². The van der Waals surface area contributed by atoms with E-state index in [1.54, 1.807) is 27.7 Å². The van der Waals surface area contributed by atoms with Gasteiger partial charge in [-0.1, -0.05) is 6.07 Å². The molecule has 0 spiro atoms. The molecule has 0 aliphatic rings. The molecule has 0 atom stereocenters. The fourth-order valence-corrected chi connectivity index (χ4v) is 3.43. The highest BCUT2D eigenvalue weighted by atomic mass is 16.4. The predicted molar refractivity (Wildman–Crippen MR) is 109 cm³/mol. The smallest absolute Gasteiger partial charge is 0.309 e. The molecule has 0 amide bonds. The Morgan fingerprint density at radius 3 is 1.70 bits per heavy atom. The molecule has 152 valence electrons. The number of benzene rings is 1. The monoisotopic (exact) mass is 376 g/mol. The Kier molecular flexibility index (Phi) is 7.65. The molecule has 0 bridgehead atoms. The minimum absolute atomic E-state index is 0.639. The van der Waals surface area contributed by atoms with Gasteiger partial charge >= 0.3 is 11.9 Å². The molecule has 0 fully saturated rings. The first kappa shape index (κ1) is 23.2. The summed E-state index contributed by atoms with van der Waals surface area (Å²) in [5.74, 6) is -1.51. The van der Waals surface area contributed by atoms with Crippen molar-refractivity contribution in [2.45, 2.75) is 87.0 Å². The van der Waals surface area contributed by atoms with Gasteiger partial charge in [0.05, 0.1) is 10.8 Å². The van der Waals surface area contributed by atoms with E-state index < -0.39 is 22.8 Å². The molecule has 1 rings (SSSR count). The fraction of sp³-hybridized carbons (Fsp3) is 0.652. The highest BCUT2D eigenvalue weighted by Crippen LogP contribution is 2.30. The first-order valence-corrected chi connectivity index (χ1v) is 9.85. The molecule has 4 heteroatoms. The van der Waals surface area contributed by atoms with Crippen molar-refractivity contribution in [2.75, 3.05) is 0 Å². The first-order chi connectivity index (χ1) is 12.3. The molecular weight excluding hydrogens is 340 g/mol. The third-order valence-corrected chi connectivity index (χ3v) is 6.02. The molecule has 4 nitrogen and oxygen atoms in total. The lowest BCUT2D eigenvalue weighted by molar-refractivity contribution is -0.148. The van der Waals surface area contributed by atoms with Crippen LogP contribution in [0.3, 0.4) is 0 Å². The van der Waals surface area contributed by atoms with E-state index >= 15 is 0 Å². The van der Waals surface area contributed by atoms with E-state index in [9.17, 15) is 19.8 Å². The van der Waals surface area contributed by atoms with Crippen LogP contribution >= 0.6 is 0 Å². The predicted octanol–water partition coefficient (Wildman–Crippen LogP) is 5.48. The number of aryl methyl sites for hydroxylation is 2. The van der Waals surface area contributed by atoms with Gasteiger partial charge in [-0.3, -0.25) is 9.59 Å². The Morgan fingerprint density at radius 2 is 1.26 bits per heavy atom. The van der Waals surface area contributed by atoms with E-state index in [1.165, 1.54) is 27.8 Å². The van der Waals surface area contributed by atoms with Gasteiger partial charge in [-0.15, -0.1) is 0 Å². The standard InChI is InChI=1S/C23H36O4/c1-15-14-18(10-8-12-22(4,5)20(24)25)19(17(3)16(15)2)11-9-13-23(6,7)21(26)27/h14H,8-13H2,1-7H3,(H,24,25)(H,26,27). The summed E-state index contributed by atoms with van der Waals surface area (Å²) < 4.78 is 0. The van der Waals surface area contributed by atoms with Crippen LogP contribution in [-0.4, -0.2) is 22.2 Å². The zero-order valence-electron chi connectivity index (χ0n) is 18.0. The molecule has 1 aromatic carbocycles. The summed E-state index contributed by atoms with van der Waals surface area (Å²) in [7, 11) is 0. The van der Waals surface area contributed by atoms with Gasteiger partial charge in [0.25, 0.3) is 0 Å². The van der Waals surface area contributed by atoms with Crippen molar-refractivity contribution >= 4 is 11.9 Å². The Bertz CT molecular complexity index is 699. The number of hydrogen-bond donors (Lipinski definition) is 2. The molecule has 0 aliphatic heterocycles. The second-order valence-corrected chi connectivity index (χ2v) is 9.17. The molecule has 0 saturated heterocycles. The highest BCUT2D eigenvalue weighted by molar-refractivity contribution is 5.73. The third kappa shape index (κ3) is 6.08. The van der Waals surface area contributed by atoms with Crippen molar-refractivity contribution in [1.82, 2.24) is 0 Å². The maximum Gasteiger partial charge on any atom is 0.309 e. The minimum Gasteiger partial charge on any atom is -0.481 e. The summed E-state index contributed by atoms with van der Waals surface area (Å²) in [6, 6.07) is 2.23. The van der Waals surface area contributed by atoms with Gasteiger partial charge in [-0.25, -0.2) is 0 Å². The van der Waals surface area contributed by atoms with Crippen LogP contribution in [0.2, 0.25) is 0 Å². The van der Waals surface area contributed by atoms with Crippen LogP contribution < -0.4 is 0 Å². The molecular formula is C23H36O4. The third-order valence-electron chi connectivity index (χ3n) is 6.02. The number of carbonyl (C=O) groups is 2. The summed E-state index contributed by atoms with van der Waals surface area (Å²) in [5.41, 5.74) is 5.01. The lowest BCUT2D eigenvalue weighted by atomic mass is 9.82. The molecule has 27 heavy (non-hydrogen) atoms. The summed E-state index contributed by atoms with van der Waals surface area (Å²) in [6.45, 7) is 13.5. The first-order valence-electron chi connectivity index (χ1n) is 9.85. The molecule has 2 N–H and O–H groups in total. The van der Waals surface area contributed by atoms with Crippen molar-refractivity contribution < 1.29 is 19.8 Å². The van der Waals surface area contributed by atoms with Crippen molar-refractivity contribution in [3.63, 3.8) is 0 Å². The van der Waals surface area contributed by atoms with Gasteiger partial charge in [-0.2, -0.15) is 0 Å². The van der Waals surface area contributed by atoms with E-state index in [-0.39, 0.29) is 0 Å². The molecule has 0 saturated carbocycles. The molecule has 1 aromatic rings. The van der Waals surface area contributed by atoms with E-state index in [4.69, 9.17) is 0 Å². The van der Waals surface area contributed by atoms with Gasteiger partial charge < -0.3 is 10.2 Å². The average Bonchev–Trinajstić information content (AvgIpc) is 2.55. The normalized spacial score (nSPS) is 12.3. The summed E-state index contributed by atoms with van der Waals surface area (Å²) in [4.78, 5) is 22.7. The van der Waals surface area contributed by atoms with E-state index in [2.05, 4.69) is 26.8 Å². The zero-order valence-corrected chi connectivity index (χ0v) is 18.0. The maximum absolute atomic E-state index is 11.3. The molecule has 0 aromatic heterocycles. The van der Waals surface area contributed by atoms with Crippen molar-refractivity contribution in [3.8, 4) is 0 Å². The number of hydrogen-bond acceptors (Lipinski definition) is 2. The Labute approximate surface area is 164 Å². The SMILES string of the molecule is Cc1cc(CCCC(C)(C)C(=O)O)c(CCCC(C)(C)C(=O)O)c(C)c1C. The van der Waals surface area contributed by atoms with E-state index in [0.29, 0.717) is 12.8 Å². The molecule has 0 heterocycles. The molecule has 0 aliphatic carbocycles. The van der Waals surface area contributed by atoms with Gasteiger partial charge in [0.15, 0.2) is 0 Å². The number of rotatable bonds is 10. The summed E-state index contributed by atoms with van der Waals surface area (Å²) in [6.07, 6.45) is 4.66. The maximum atomic E-state index is 11.3. The molecule has 0 unspecified atom stereocenters. The lowest BCUT2D eigenvalue weighted by Crippen LogP contribution is -2.24. The Morgan fingerprint density at radius 1 is 0.815 bits per heavy atom.